The molecule has 2 aromatic rings. The number of para-hydroxylation sites is 1. The second kappa shape index (κ2) is 6.89. The zero-order valence-corrected chi connectivity index (χ0v) is 12.3. The summed E-state index contributed by atoms with van der Waals surface area (Å²) in [5.41, 5.74) is 1.55. The molecule has 94 valence electrons. The molecule has 0 aliphatic heterocycles. The molecule has 0 atom stereocenters. The Bertz CT molecular complexity index is 513. The lowest BCUT2D eigenvalue weighted by Gasteiger charge is -1.98. The second-order valence-corrected chi connectivity index (χ2v) is 3.86. The fourth-order valence-corrected chi connectivity index (χ4v) is 2.03. The zero-order chi connectivity index (χ0) is 10.8. The summed E-state index contributed by atoms with van der Waals surface area (Å²) in [6.07, 6.45) is 1.72. The maximum atomic E-state index is 11.6. The third-order valence-electron chi connectivity index (χ3n) is 2.16. The molecule has 0 spiro atoms. The Morgan fingerprint density at radius 2 is 2.00 bits per heavy atom. The van der Waals surface area contributed by atoms with Gasteiger partial charge in [-0.25, -0.2) is 4.79 Å². The van der Waals surface area contributed by atoms with Gasteiger partial charge in [0.15, 0.2) is 0 Å². The summed E-state index contributed by atoms with van der Waals surface area (Å²) in [6, 6.07) is 7.67. The Kier molecular flexibility index (Phi) is 6.60. The number of carbonyl (C=O) groups is 1. The molecule has 0 radical (unpaired) electrons. The highest BCUT2D eigenvalue weighted by atomic mass is 79.9. The largest absolute Gasteiger partial charge is 0.462 e. The lowest BCUT2D eigenvalue weighted by molar-refractivity contribution is 0.0528. The van der Waals surface area contributed by atoms with Crippen LogP contribution in [0, 0.1) is 0 Å². The highest BCUT2D eigenvalue weighted by molar-refractivity contribution is 9.08. The Morgan fingerprint density at radius 1 is 1.35 bits per heavy atom. The summed E-state index contributed by atoms with van der Waals surface area (Å²) < 4.78 is 6.72. The van der Waals surface area contributed by atoms with Gasteiger partial charge < -0.3 is 4.74 Å². The normalized spacial score (nSPS) is 9.29. The summed E-state index contributed by atoms with van der Waals surface area (Å²) in [6.45, 7) is 2.19. The number of esters is 1. The van der Waals surface area contributed by atoms with Crippen LogP contribution in [-0.4, -0.2) is 16.2 Å². The minimum Gasteiger partial charge on any atom is -0.462 e. The van der Waals surface area contributed by atoms with Crippen molar-refractivity contribution >= 4 is 57.8 Å². The van der Waals surface area contributed by atoms with Gasteiger partial charge in [-0.15, -0.1) is 24.8 Å². The van der Waals surface area contributed by atoms with Gasteiger partial charge in [-0.3, -0.25) is 3.59 Å². The molecule has 1 heterocycles. The molecule has 0 amide bonds. The maximum Gasteiger partial charge on any atom is 0.340 e. The van der Waals surface area contributed by atoms with Gasteiger partial charge in [0.05, 0.1) is 33.8 Å². The maximum absolute atomic E-state index is 11.6. The molecule has 0 aliphatic carbocycles. The van der Waals surface area contributed by atoms with Crippen LogP contribution in [0.4, 0.5) is 0 Å². The van der Waals surface area contributed by atoms with E-state index in [1.807, 2.05) is 24.3 Å². The first-order valence-electron chi connectivity index (χ1n) is 4.67. The number of carbonyl (C=O) groups excluding carboxylic acids is 1. The molecule has 0 saturated carbocycles. The minimum absolute atomic E-state index is 0. The van der Waals surface area contributed by atoms with E-state index >= 15 is 0 Å². The predicted molar refractivity (Wildman–Crippen MR) is 76.7 cm³/mol. The van der Waals surface area contributed by atoms with E-state index in [1.165, 1.54) is 0 Å². The molecule has 6 heteroatoms. The highest BCUT2D eigenvalue weighted by Crippen LogP contribution is 2.23. The van der Waals surface area contributed by atoms with Crippen LogP contribution in [0.15, 0.2) is 30.5 Å². The van der Waals surface area contributed by atoms with E-state index in [0.717, 1.165) is 10.9 Å². The summed E-state index contributed by atoms with van der Waals surface area (Å²) in [7, 11) is 0. The van der Waals surface area contributed by atoms with Crippen LogP contribution in [0.3, 0.4) is 0 Å². The van der Waals surface area contributed by atoms with E-state index in [-0.39, 0.29) is 30.8 Å². The molecule has 0 N–H and O–H groups in total. The lowest BCUT2D eigenvalue weighted by Crippen LogP contribution is -2.03. The van der Waals surface area contributed by atoms with Crippen molar-refractivity contribution < 1.29 is 9.53 Å². The number of rotatable bonds is 2. The van der Waals surface area contributed by atoms with Gasteiger partial charge >= 0.3 is 5.97 Å². The molecule has 2 rings (SSSR count). The van der Waals surface area contributed by atoms with Crippen molar-refractivity contribution in [3.63, 3.8) is 0 Å². The van der Waals surface area contributed by atoms with Crippen molar-refractivity contribution in [3.05, 3.63) is 36.0 Å². The first-order valence-corrected chi connectivity index (χ1v) is 5.38. The predicted octanol–water partition coefficient (Wildman–Crippen LogP) is 3.82. The lowest BCUT2D eigenvalue weighted by atomic mass is 10.2. The molecule has 0 aliphatic rings. The average Bonchev–Trinajstić information content (AvgIpc) is 2.58. The topological polar surface area (TPSA) is 31.2 Å². The van der Waals surface area contributed by atoms with Gasteiger partial charge in [-0.1, -0.05) is 18.2 Å². The molecule has 0 saturated heterocycles. The number of aromatic nitrogens is 1. The van der Waals surface area contributed by atoms with Gasteiger partial charge in [0.1, 0.15) is 0 Å². The van der Waals surface area contributed by atoms with E-state index in [9.17, 15) is 4.79 Å². The molecular formula is C11H12BrCl2NO2. The number of fused-ring (bicyclic) bond motifs is 1. The smallest absolute Gasteiger partial charge is 0.340 e. The van der Waals surface area contributed by atoms with Crippen molar-refractivity contribution in [2.75, 3.05) is 6.61 Å². The van der Waals surface area contributed by atoms with Crippen molar-refractivity contribution in [3.8, 4) is 0 Å². The van der Waals surface area contributed by atoms with Crippen molar-refractivity contribution in [1.29, 1.82) is 0 Å². The summed E-state index contributed by atoms with van der Waals surface area (Å²) in [4.78, 5) is 11.6. The zero-order valence-electron chi connectivity index (χ0n) is 9.05. The monoisotopic (exact) mass is 339 g/mol. The fourth-order valence-electron chi connectivity index (χ4n) is 1.51. The number of benzene rings is 1. The van der Waals surface area contributed by atoms with Crippen LogP contribution in [0.25, 0.3) is 10.9 Å². The van der Waals surface area contributed by atoms with Crippen molar-refractivity contribution in [1.82, 2.24) is 3.59 Å². The van der Waals surface area contributed by atoms with Crippen molar-refractivity contribution in [2.45, 2.75) is 6.92 Å². The van der Waals surface area contributed by atoms with Crippen LogP contribution in [0.5, 0.6) is 0 Å². The molecule has 1 aromatic carbocycles. The molecule has 0 fully saturated rings. The van der Waals surface area contributed by atoms with Crippen LogP contribution in [-0.2, 0) is 4.74 Å². The molecule has 0 unspecified atom stereocenters. The molecular weight excluding hydrogens is 329 g/mol. The van der Waals surface area contributed by atoms with E-state index in [4.69, 9.17) is 4.74 Å². The van der Waals surface area contributed by atoms with Crippen LogP contribution in [0.1, 0.15) is 17.3 Å². The Morgan fingerprint density at radius 3 is 2.65 bits per heavy atom. The Balaban J connectivity index is 0.00000128. The van der Waals surface area contributed by atoms with Crippen LogP contribution >= 0.6 is 41.0 Å². The highest BCUT2D eigenvalue weighted by Gasteiger charge is 2.14. The summed E-state index contributed by atoms with van der Waals surface area (Å²) in [5, 5.41) is 0.896. The van der Waals surface area contributed by atoms with Crippen molar-refractivity contribution in [2.24, 2.45) is 0 Å². The van der Waals surface area contributed by atoms with E-state index in [2.05, 4.69) is 16.1 Å². The van der Waals surface area contributed by atoms with E-state index in [0.29, 0.717) is 12.2 Å². The van der Waals surface area contributed by atoms with Gasteiger partial charge in [0.2, 0.25) is 0 Å². The third-order valence-corrected chi connectivity index (χ3v) is 2.75. The van der Waals surface area contributed by atoms with Gasteiger partial charge in [0.25, 0.3) is 0 Å². The summed E-state index contributed by atoms with van der Waals surface area (Å²) in [5.74, 6) is -0.285. The van der Waals surface area contributed by atoms with E-state index in [1.54, 1.807) is 16.7 Å². The Labute approximate surface area is 120 Å². The summed E-state index contributed by atoms with van der Waals surface area (Å²) >= 11 is 3.35. The van der Waals surface area contributed by atoms with Gasteiger partial charge in [0, 0.05) is 11.6 Å². The molecule has 0 bridgehead atoms. The first-order chi connectivity index (χ1) is 7.24. The second-order valence-electron chi connectivity index (χ2n) is 3.09. The average molecular weight is 341 g/mol. The minimum atomic E-state index is -0.285. The Hall–Kier alpha value is -0.710. The van der Waals surface area contributed by atoms with Crippen LogP contribution < -0.4 is 0 Å². The third kappa shape index (κ3) is 3.15. The SMILES string of the molecule is CCOC(=O)c1cn(Br)c2ccccc12.Cl.Cl. The number of nitrogens with zero attached hydrogens (tertiary/aromatic N) is 1. The number of hydrogen-bond donors (Lipinski definition) is 0. The van der Waals surface area contributed by atoms with Gasteiger partial charge in [-0.2, -0.15) is 0 Å². The quantitative estimate of drug-likeness (QED) is 0.778. The fraction of sp³-hybridized carbons (Fsp3) is 0.182. The van der Waals surface area contributed by atoms with Crippen LogP contribution in [0.2, 0.25) is 0 Å². The molecule has 17 heavy (non-hydrogen) atoms. The standard InChI is InChI=1S/C11H10BrNO2.2ClH/c1-2-15-11(14)9-7-13(12)10-6-4-3-5-8(9)10;;/h3-7H,2H2,1H3;2*1H. The molecule has 3 nitrogen and oxygen atoms in total. The van der Waals surface area contributed by atoms with E-state index < -0.39 is 0 Å². The number of halogens is 3. The van der Waals surface area contributed by atoms with Gasteiger partial charge in [-0.05, 0) is 13.0 Å². The molecule has 1 aromatic heterocycles. The first kappa shape index (κ1) is 16.3. The number of ether oxygens (including phenoxy) is 1. The number of hydrogen-bond acceptors (Lipinski definition) is 2.